The zero-order valence-corrected chi connectivity index (χ0v) is 25.9. The molecule has 0 N–H and O–H groups in total. The molecule has 9 atom stereocenters. The molecule has 4 fully saturated rings. The second-order valence-electron chi connectivity index (χ2n) is 14.8. The molecule has 4 aliphatic carbocycles. The van der Waals surface area contributed by atoms with Gasteiger partial charge in [-0.1, -0.05) is 78.0 Å². The molecule has 4 saturated carbocycles. The van der Waals surface area contributed by atoms with Crippen LogP contribution >= 0.6 is 0 Å². The lowest BCUT2D eigenvalue weighted by Gasteiger charge is -2.62. The predicted molar refractivity (Wildman–Crippen MR) is 156 cm³/mol. The molecular formula is C34H54O3S. The minimum Gasteiger partial charge on any atom is -0.262 e. The van der Waals surface area contributed by atoms with Crippen LogP contribution in [0.1, 0.15) is 117 Å². The highest BCUT2D eigenvalue weighted by Gasteiger charge is 2.62. The molecule has 0 aromatic heterocycles. The van der Waals surface area contributed by atoms with E-state index in [1.165, 1.54) is 64.2 Å². The molecule has 0 spiro atoms. The smallest absolute Gasteiger partial charge is 0.262 e. The molecule has 1 aromatic rings. The summed E-state index contributed by atoms with van der Waals surface area (Å²) in [5, 5.41) is 0. The highest BCUT2D eigenvalue weighted by atomic mass is 32.2. The highest BCUT2D eigenvalue weighted by molar-refractivity contribution is 7.86. The van der Waals surface area contributed by atoms with E-state index < -0.39 is 10.1 Å². The van der Waals surface area contributed by atoms with Crippen molar-refractivity contribution in [3.05, 3.63) is 29.8 Å². The lowest BCUT2D eigenvalue weighted by atomic mass is 9.44. The van der Waals surface area contributed by atoms with Gasteiger partial charge in [0.05, 0.1) is 11.0 Å². The van der Waals surface area contributed by atoms with Crippen LogP contribution in [0.25, 0.3) is 0 Å². The summed E-state index contributed by atoms with van der Waals surface area (Å²) in [6, 6.07) is 7.18. The van der Waals surface area contributed by atoms with Crippen LogP contribution in [-0.2, 0) is 14.3 Å². The van der Waals surface area contributed by atoms with Crippen molar-refractivity contribution in [3.63, 3.8) is 0 Å². The van der Waals surface area contributed by atoms with Crippen molar-refractivity contribution in [1.29, 1.82) is 0 Å². The fourth-order valence-electron chi connectivity index (χ4n) is 10.4. The molecule has 0 heterocycles. The Balaban J connectivity index is 1.36. The van der Waals surface area contributed by atoms with Crippen LogP contribution in [-0.4, -0.2) is 14.5 Å². The van der Waals surface area contributed by atoms with Crippen molar-refractivity contribution in [3.8, 4) is 0 Å². The third-order valence-electron chi connectivity index (χ3n) is 12.4. The number of rotatable bonds is 8. The molecule has 4 aliphatic rings. The molecule has 5 rings (SSSR count). The SMILES string of the molecule is Cc1ccc(S(=O)(=O)OC2CCCC3CC[C@@H]4[C@H](CC[C@]5(C)[C@@H]([C@H](C)CCCC(C)C)CC[C@@H]45)[C@]32C)cc1. The van der Waals surface area contributed by atoms with Crippen molar-refractivity contribution >= 4 is 10.1 Å². The van der Waals surface area contributed by atoms with Gasteiger partial charge in [0.15, 0.2) is 0 Å². The van der Waals surface area contributed by atoms with Crippen molar-refractivity contribution in [2.24, 2.45) is 52.3 Å². The zero-order valence-electron chi connectivity index (χ0n) is 25.0. The van der Waals surface area contributed by atoms with Gasteiger partial charge in [-0.25, -0.2) is 0 Å². The van der Waals surface area contributed by atoms with E-state index in [1.54, 1.807) is 12.1 Å². The molecule has 4 heteroatoms. The average Bonchev–Trinajstić information content (AvgIpc) is 3.22. The Hall–Kier alpha value is -0.870. The molecule has 38 heavy (non-hydrogen) atoms. The van der Waals surface area contributed by atoms with Gasteiger partial charge in [-0.15, -0.1) is 0 Å². The van der Waals surface area contributed by atoms with E-state index in [9.17, 15) is 8.42 Å². The van der Waals surface area contributed by atoms with E-state index >= 15 is 0 Å². The third-order valence-corrected chi connectivity index (χ3v) is 13.8. The lowest BCUT2D eigenvalue weighted by molar-refractivity contribution is -0.156. The minimum atomic E-state index is -3.77. The normalized spacial score (nSPS) is 39.9. The summed E-state index contributed by atoms with van der Waals surface area (Å²) >= 11 is 0. The number of hydrogen-bond acceptors (Lipinski definition) is 3. The van der Waals surface area contributed by atoms with Crippen molar-refractivity contribution in [2.45, 2.75) is 130 Å². The van der Waals surface area contributed by atoms with Gasteiger partial charge in [-0.3, -0.25) is 4.18 Å². The Morgan fingerprint density at radius 2 is 1.63 bits per heavy atom. The molecule has 0 aliphatic heterocycles. The summed E-state index contributed by atoms with van der Waals surface area (Å²) in [4.78, 5) is 0.308. The van der Waals surface area contributed by atoms with E-state index in [2.05, 4.69) is 34.6 Å². The highest BCUT2D eigenvalue weighted by Crippen LogP contribution is 2.68. The van der Waals surface area contributed by atoms with Gasteiger partial charge >= 0.3 is 0 Å². The van der Waals surface area contributed by atoms with Crippen LogP contribution in [0.5, 0.6) is 0 Å². The average molecular weight is 543 g/mol. The Morgan fingerprint density at radius 1 is 0.895 bits per heavy atom. The number of aryl methyl sites for hydroxylation is 1. The van der Waals surface area contributed by atoms with Crippen LogP contribution in [0.4, 0.5) is 0 Å². The molecular weight excluding hydrogens is 488 g/mol. The molecule has 0 saturated heterocycles. The second kappa shape index (κ2) is 10.8. The first-order valence-corrected chi connectivity index (χ1v) is 17.4. The maximum atomic E-state index is 13.4. The van der Waals surface area contributed by atoms with Gasteiger partial charge < -0.3 is 0 Å². The van der Waals surface area contributed by atoms with E-state index in [4.69, 9.17) is 4.18 Å². The molecule has 2 unspecified atom stereocenters. The maximum Gasteiger partial charge on any atom is 0.297 e. The Morgan fingerprint density at radius 3 is 2.34 bits per heavy atom. The van der Waals surface area contributed by atoms with Crippen LogP contribution in [0.2, 0.25) is 0 Å². The number of hydrogen-bond donors (Lipinski definition) is 0. The number of fused-ring (bicyclic) bond motifs is 5. The van der Waals surface area contributed by atoms with Crippen LogP contribution in [0.15, 0.2) is 29.2 Å². The van der Waals surface area contributed by atoms with E-state index in [-0.39, 0.29) is 11.5 Å². The topological polar surface area (TPSA) is 43.4 Å². The monoisotopic (exact) mass is 542 g/mol. The quantitative estimate of drug-likeness (QED) is 0.308. The standard InChI is InChI=1S/C34H54O3S/c1-23(2)9-7-10-25(4)29-19-20-30-28-18-15-26-11-8-12-32(34(26,6)31(28)21-22-33(29,30)5)37-38(35,36)27-16-13-24(3)14-17-27/h13-14,16-17,23,25-26,28-32H,7-12,15,18-22H2,1-6H3/t25-,26?,28+,29-,30+,31+,32?,33-,34+/m1/s1. The predicted octanol–water partition coefficient (Wildman–Crippen LogP) is 9.19. The fourth-order valence-corrected chi connectivity index (χ4v) is 11.6. The van der Waals surface area contributed by atoms with E-state index in [0.29, 0.717) is 22.1 Å². The largest absolute Gasteiger partial charge is 0.297 e. The Kier molecular flexibility index (Phi) is 8.17. The maximum absolute atomic E-state index is 13.4. The van der Waals surface area contributed by atoms with Crippen LogP contribution in [0.3, 0.4) is 0 Å². The Labute approximate surface area is 234 Å². The van der Waals surface area contributed by atoms with Crippen molar-refractivity contribution in [2.75, 3.05) is 0 Å². The van der Waals surface area contributed by atoms with Gasteiger partial charge in [0.25, 0.3) is 10.1 Å². The molecule has 0 amide bonds. The summed E-state index contributed by atoms with van der Waals surface area (Å²) in [5.74, 6) is 5.19. The van der Waals surface area contributed by atoms with Gasteiger partial charge in [-0.2, -0.15) is 8.42 Å². The lowest BCUT2D eigenvalue weighted by Crippen LogP contribution is -2.58. The molecule has 1 aromatic carbocycles. The summed E-state index contributed by atoms with van der Waals surface area (Å²) < 4.78 is 33.2. The fraction of sp³-hybridized carbons (Fsp3) is 0.824. The van der Waals surface area contributed by atoms with E-state index in [1.807, 2.05) is 19.1 Å². The van der Waals surface area contributed by atoms with Crippen molar-refractivity contribution < 1.29 is 12.6 Å². The number of benzene rings is 1. The minimum absolute atomic E-state index is 0.0404. The summed E-state index contributed by atoms with van der Waals surface area (Å²) in [5.41, 5.74) is 1.49. The van der Waals surface area contributed by atoms with Crippen molar-refractivity contribution in [1.82, 2.24) is 0 Å². The van der Waals surface area contributed by atoms with Gasteiger partial charge in [0.1, 0.15) is 0 Å². The summed E-state index contributed by atoms with van der Waals surface area (Å²) in [7, 11) is -3.77. The first kappa shape index (κ1) is 28.7. The van der Waals surface area contributed by atoms with Gasteiger partial charge in [0.2, 0.25) is 0 Å². The van der Waals surface area contributed by atoms with E-state index in [0.717, 1.165) is 48.0 Å². The van der Waals surface area contributed by atoms with Crippen LogP contribution in [0, 0.1) is 59.2 Å². The summed E-state index contributed by atoms with van der Waals surface area (Å²) in [6.45, 7) is 14.3. The second-order valence-corrected chi connectivity index (χ2v) is 16.4. The first-order valence-electron chi connectivity index (χ1n) is 16.0. The van der Waals surface area contributed by atoms with Gasteiger partial charge in [0, 0.05) is 5.41 Å². The summed E-state index contributed by atoms with van der Waals surface area (Å²) in [6.07, 6.45) is 15.1. The zero-order chi connectivity index (χ0) is 27.3. The molecule has 0 radical (unpaired) electrons. The molecule has 3 nitrogen and oxygen atoms in total. The Bertz CT molecular complexity index is 1060. The van der Waals surface area contributed by atoms with Gasteiger partial charge in [-0.05, 0) is 117 Å². The first-order chi connectivity index (χ1) is 18.0. The molecule has 214 valence electrons. The van der Waals surface area contributed by atoms with Crippen LogP contribution < -0.4 is 0 Å². The third kappa shape index (κ3) is 5.04. The molecule has 0 bridgehead atoms.